The highest BCUT2D eigenvalue weighted by molar-refractivity contribution is 6.30. The molecular weight excluding hydrogens is 372 g/mol. The molecule has 5 heteroatoms. The first kappa shape index (κ1) is 21.8. The number of piperazine rings is 1. The minimum Gasteiger partial charge on any atom is -0.396 e. The number of halogens is 1. The van der Waals surface area contributed by atoms with Crippen LogP contribution in [0.5, 0.6) is 0 Å². The molecular formula is C23H35ClN2O2. The normalized spacial score (nSPS) is 23.2. The van der Waals surface area contributed by atoms with Gasteiger partial charge in [0.25, 0.3) is 0 Å². The molecule has 1 heterocycles. The van der Waals surface area contributed by atoms with E-state index in [0.717, 1.165) is 50.7 Å². The van der Waals surface area contributed by atoms with Gasteiger partial charge in [-0.05, 0) is 54.4 Å². The Labute approximate surface area is 174 Å². The van der Waals surface area contributed by atoms with E-state index in [1.165, 1.54) is 17.6 Å². The molecule has 1 aliphatic heterocycles. The van der Waals surface area contributed by atoms with Crippen molar-refractivity contribution in [1.29, 1.82) is 0 Å². The van der Waals surface area contributed by atoms with Crippen LogP contribution in [0.25, 0.3) is 5.57 Å². The molecule has 0 amide bonds. The van der Waals surface area contributed by atoms with Crippen molar-refractivity contribution in [2.24, 2.45) is 5.41 Å². The summed E-state index contributed by atoms with van der Waals surface area (Å²) in [7, 11) is 0. The van der Waals surface area contributed by atoms with E-state index in [1.54, 1.807) is 5.57 Å². The van der Waals surface area contributed by atoms with E-state index in [4.69, 9.17) is 21.4 Å². The summed E-state index contributed by atoms with van der Waals surface area (Å²) in [6, 6.07) is 8.75. The summed E-state index contributed by atoms with van der Waals surface area (Å²) in [5.74, 6) is 0. The highest BCUT2D eigenvalue weighted by Crippen LogP contribution is 2.43. The molecule has 1 aromatic rings. The Hall–Kier alpha value is -0.910. The van der Waals surface area contributed by atoms with Crippen LogP contribution in [0, 0.1) is 5.41 Å². The maximum Gasteiger partial charge on any atom is 0.0634 e. The maximum absolute atomic E-state index is 8.95. The molecule has 1 aliphatic carbocycles. The van der Waals surface area contributed by atoms with Crippen molar-refractivity contribution >= 4 is 17.2 Å². The molecule has 2 N–H and O–H groups in total. The quantitative estimate of drug-likeness (QED) is 0.641. The second kappa shape index (κ2) is 10.2. The van der Waals surface area contributed by atoms with E-state index >= 15 is 0 Å². The van der Waals surface area contributed by atoms with Crippen LogP contribution in [0.4, 0.5) is 0 Å². The Balaban J connectivity index is 1.76. The van der Waals surface area contributed by atoms with Gasteiger partial charge in [0.2, 0.25) is 0 Å². The largest absolute Gasteiger partial charge is 0.396 e. The molecule has 1 saturated heterocycles. The second-order valence-electron chi connectivity index (χ2n) is 8.91. The topological polar surface area (TPSA) is 44.7 Å². The Morgan fingerprint density at radius 1 is 1.29 bits per heavy atom. The van der Waals surface area contributed by atoms with Gasteiger partial charge in [-0.25, -0.2) is 0 Å². The number of benzene rings is 1. The molecule has 1 aromatic carbocycles. The lowest BCUT2D eigenvalue weighted by Crippen LogP contribution is -2.53. The number of rotatable bonds is 8. The van der Waals surface area contributed by atoms with Crippen molar-refractivity contribution < 1.29 is 9.84 Å². The number of nitrogens with one attached hydrogen (secondary N) is 1. The molecule has 0 saturated carbocycles. The molecule has 1 atom stereocenters. The first-order valence-corrected chi connectivity index (χ1v) is 11.0. The summed E-state index contributed by atoms with van der Waals surface area (Å²) in [5, 5.41) is 13.2. The average Bonchev–Trinajstić information content (AvgIpc) is 2.68. The van der Waals surface area contributed by atoms with Crippen LogP contribution in [0.3, 0.4) is 0 Å². The number of hydrogen-bond donors (Lipinski definition) is 2. The van der Waals surface area contributed by atoms with E-state index in [1.807, 2.05) is 12.1 Å². The van der Waals surface area contributed by atoms with Gasteiger partial charge >= 0.3 is 0 Å². The molecule has 0 spiro atoms. The van der Waals surface area contributed by atoms with Crippen LogP contribution in [0.2, 0.25) is 5.02 Å². The van der Waals surface area contributed by atoms with Crippen LogP contribution < -0.4 is 5.32 Å². The number of aliphatic hydroxyl groups excluding tert-OH is 1. The average molecular weight is 407 g/mol. The number of allylic oxidation sites excluding steroid dienone is 1. The standard InChI is InChI=1S/C23H35ClN2O2/c1-23(2)9-8-19(22(14-23)18-4-6-20(24)7-5-18)16-26-11-10-25-15-21(26)17-28-13-3-12-27/h4-7,21,25,27H,3,8-17H2,1-2H3. The smallest absolute Gasteiger partial charge is 0.0634 e. The monoisotopic (exact) mass is 406 g/mol. The lowest BCUT2D eigenvalue weighted by molar-refractivity contribution is 0.0448. The lowest BCUT2D eigenvalue weighted by atomic mass is 9.72. The zero-order valence-electron chi connectivity index (χ0n) is 17.3. The third-order valence-corrected chi connectivity index (χ3v) is 6.25. The van der Waals surface area contributed by atoms with Gasteiger partial charge in [-0.3, -0.25) is 4.90 Å². The van der Waals surface area contributed by atoms with Gasteiger partial charge in [0.1, 0.15) is 0 Å². The lowest BCUT2D eigenvalue weighted by Gasteiger charge is -2.40. The van der Waals surface area contributed by atoms with Gasteiger partial charge in [0, 0.05) is 50.5 Å². The van der Waals surface area contributed by atoms with Crippen LogP contribution in [0.15, 0.2) is 29.8 Å². The third-order valence-electron chi connectivity index (χ3n) is 6.00. The fourth-order valence-electron chi connectivity index (χ4n) is 4.27. The summed E-state index contributed by atoms with van der Waals surface area (Å²) >= 11 is 6.13. The van der Waals surface area contributed by atoms with Gasteiger partial charge < -0.3 is 15.2 Å². The number of ether oxygens (including phenoxy) is 1. The Morgan fingerprint density at radius 3 is 2.82 bits per heavy atom. The van der Waals surface area contributed by atoms with Gasteiger partial charge in [-0.15, -0.1) is 0 Å². The predicted molar refractivity (Wildman–Crippen MR) is 117 cm³/mol. The van der Waals surface area contributed by atoms with E-state index in [9.17, 15) is 0 Å². The summed E-state index contributed by atoms with van der Waals surface area (Å²) in [6.45, 7) is 10.4. The molecule has 156 valence electrons. The van der Waals surface area contributed by atoms with Crippen LogP contribution in [-0.2, 0) is 4.74 Å². The fraction of sp³-hybridized carbons (Fsp3) is 0.652. The number of hydrogen-bond acceptors (Lipinski definition) is 4. The third kappa shape index (κ3) is 6.04. The Bertz CT molecular complexity index is 657. The van der Waals surface area contributed by atoms with Gasteiger partial charge in [-0.2, -0.15) is 0 Å². The zero-order valence-corrected chi connectivity index (χ0v) is 18.1. The van der Waals surface area contributed by atoms with Gasteiger partial charge in [0.15, 0.2) is 0 Å². The molecule has 0 bridgehead atoms. The molecule has 1 fully saturated rings. The Morgan fingerprint density at radius 2 is 2.07 bits per heavy atom. The zero-order chi connectivity index (χ0) is 20.0. The number of nitrogens with zero attached hydrogens (tertiary/aromatic N) is 1. The van der Waals surface area contributed by atoms with Crippen LogP contribution >= 0.6 is 11.6 Å². The fourth-order valence-corrected chi connectivity index (χ4v) is 4.40. The van der Waals surface area contributed by atoms with Crippen molar-refractivity contribution in [2.45, 2.75) is 45.6 Å². The van der Waals surface area contributed by atoms with Gasteiger partial charge in [-0.1, -0.05) is 43.2 Å². The minimum atomic E-state index is 0.194. The summed E-state index contributed by atoms with van der Waals surface area (Å²) < 4.78 is 5.82. The minimum absolute atomic E-state index is 0.194. The first-order chi connectivity index (χ1) is 13.5. The van der Waals surface area contributed by atoms with Gasteiger partial charge in [0.05, 0.1) is 6.61 Å². The SMILES string of the molecule is CC1(C)CCC(CN2CCNCC2COCCCO)=C(c2ccc(Cl)cc2)C1. The molecule has 3 rings (SSSR count). The van der Waals surface area contributed by atoms with E-state index in [2.05, 4.69) is 36.2 Å². The van der Waals surface area contributed by atoms with Crippen molar-refractivity contribution in [3.8, 4) is 0 Å². The first-order valence-electron chi connectivity index (χ1n) is 10.6. The van der Waals surface area contributed by atoms with Crippen molar-refractivity contribution in [3.63, 3.8) is 0 Å². The molecule has 0 aromatic heterocycles. The Kier molecular flexibility index (Phi) is 7.95. The highest BCUT2D eigenvalue weighted by Gasteiger charge is 2.30. The molecule has 1 unspecified atom stereocenters. The van der Waals surface area contributed by atoms with Crippen molar-refractivity contribution in [3.05, 3.63) is 40.4 Å². The molecule has 28 heavy (non-hydrogen) atoms. The summed E-state index contributed by atoms with van der Waals surface area (Å²) in [5.41, 5.74) is 4.74. The van der Waals surface area contributed by atoms with E-state index in [-0.39, 0.29) is 6.61 Å². The van der Waals surface area contributed by atoms with E-state index in [0.29, 0.717) is 24.5 Å². The van der Waals surface area contributed by atoms with Crippen molar-refractivity contribution in [2.75, 3.05) is 46.0 Å². The predicted octanol–water partition coefficient (Wildman–Crippen LogP) is 3.98. The van der Waals surface area contributed by atoms with Crippen LogP contribution in [-0.4, -0.2) is 62.0 Å². The van der Waals surface area contributed by atoms with E-state index < -0.39 is 0 Å². The number of aliphatic hydroxyl groups is 1. The van der Waals surface area contributed by atoms with Crippen LogP contribution in [0.1, 0.15) is 45.1 Å². The summed E-state index contributed by atoms with van der Waals surface area (Å²) in [4.78, 5) is 2.58. The molecule has 0 radical (unpaired) electrons. The highest BCUT2D eigenvalue weighted by atomic mass is 35.5. The second-order valence-corrected chi connectivity index (χ2v) is 9.35. The molecule has 4 nitrogen and oxygen atoms in total. The maximum atomic E-state index is 8.95. The molecule has 2 aliphatic rings. The van der Waals surface area contributed by atoms with Crippen molar-refractivity contribution in [1.82, 2.24) is 10.2 Å². The summed E-state index contributed by atoms with van der Waals surface area (Å²) in [6.07, 6.45) is 4.23.